The lowest BCUT2D eigenvalue weighted by atomic mass is 9.81. The van der Waals surface area contributed by atoms with Crippen molar-refractivity contribution in [3.63, 3.8) is 0 Å². The largest absolute Gasteiger partial charge is 0.481 e. The Bertz CT molecular complexity index is 519. The molecule has 1 aliphatic rings. The van der Waals surface area contributed by atoms with Gasteiger partial charge in [-0.05, 0) is 30.2 Å². The fourth-order valence-electron chi connectivity index (χ4n) is 3.04. The molecule has 0 spiro atoms. The number of nitrogens with zero attached hydrogens (tertiary/aromatic N) is 1. The average molecular weight is 321 g/mol. The number of benzene rings is 1. The highest BCUT2D eigenvalue weighted by molar-refractivity contribution is 5.68. The first-order valence-electron chi connectivity index (χ1n) is 7.88. The van der Waals surface area contributed by atoms with Crippen molar-refractivity contribution < 1.29 is 24.5 Å². The zero-order valence-corrected chi connectivity index (χ0v) is 13.1. The number of ether oxygens (including phenoxy) is 1. The number of amides is 1. The number of rotatable bonds is 6. The quantitative estimate of drug-likeness (QED) is 0.838. The number of hydrogen-bond donors (Lipinski definition) is 2. The van der Waals surface area contributed by atoms with E-state index >= 15 is 0 Å². The second kappa shape index (κ2) is 8.53. The maximum Gasteiger partial charge on any atom is 0.410 e. The zero-order chi connectivity index (χ0) is 16.7. The van der Waals surface area contributed by atoms with Crippen LogP contribution in [0.3, 0.4) is 0 Å². The molecule has 0 radical (unpaired) electrons. The van der Waals surface area contributed by atoms with Crippen LogP contribution in [0.5, 0.6) is 0 Å². The van der Waals surface area contributed by atoms with Gasteiger partial charge in [0.05, 0.1) is 0 Å². The topological polar surface area (TPSA) is 87.1 Å². The summed E-state index contributed by atoms with van der Waals surface area (Å²) in [5.74, 6) is -0.843. The molecule has 2 N–H and O–H groups in total. The van der Waals surface area contributed by atoms with E-state index in [1.807, 2.05) is 30.3 Å². The van der Waals surface area contributed by atoms with Crippen molar-refractivity contribution in [3.8, 4) is 0 Å². The smallest absolute Gasteiger partial charge is 0.410 e. The van der Waals surface area contributed by atoms with Gasteiger partial charge in [0, 0.05) is 26.1 Å². The fourth-order valence-corrected chi connectivity index (χ4v) is 3.04. The molecule has 6 nitrogen and oxygen atoms in total. The number of aliphatic carboxylic acids is 1. The van der Waals surface area contributed by atoms with Crippen LogP contribution in [0.4, 0.5) is 4.79 Å². The number of carbonyl (C=O) groups is 2. The van der Waals surface area contributed by atoms with Gasteiger partial charge in [-0.3, -0.25) is 4.79 Å². The third kappa shape index (κ3) is 5.25. The van der Waals surface area contributed by atoms with Gasteiger partial charge in [0.1, 0.15) is 6.61 Å². The lowest BCUT2D eigenvalue weighted by molar-refractivity contribution is -0.139. The molecule has 0 aliphatic carbocycles. The maximum absolute atomic E-state index is 12.2. The lowest BCUT2D eigenvalue weighted by Gasteiger charge is -2.37. The molecule has 1 heterocycles. The molecule has 126 valence electrons. The van der Waals surface area contributed by atoms with Crippen LogP contribution in [0, 0.1) is 11.8 Å². The van der Waals surface area contributed by atoms with Crippen LogP contribution in [-0.4, -0.2) is 46.9 Å². The van der Waals surface area contributed by atoms with Crippen LogP contribution in [0.1, 0.15) is 24.8 Å². The van der Waals surface area contributed by atoms with Gasteiger partial charge in [-0.1, -0.05) is 30.3 Å². The van der Waals surface area contributed by atoms with Gasteiger partial charge in [0.2, 0.25) is 0 Å². The standard InChI is InChI=1S/C17H23NO5/c19-9-7-15-11-18(8-6-14(15)10-16(20)21)17(22)23-12-13-4-2-1-3-5-13/h1-5,14-15,19H,6-12H2,(H,20,21)/t14-,15?/m0/s1. The number of hydrogen-bond acceptors (Lipinski definition) is 4. The fraction of sp³-hybridized carbons (Fsp3) is 0.529. The van der Waals surface area contributed by atoms with Gasteiger partial charge in [0.25, 0.3) is 0 Å². The predicted octanol–water partition coefficient (Wildman–Crippen LogP) is 2.12. The number of piperidine rings is 1. The molecule has 0 saturated carbocycles. The number of carboxylic acid groups (broad SMARTS) is 1. The molecule has 1 aromatic carbocycles. The monoisotopic (exact) mass is 321 g/mol. The van der Waals surface area contributed by atoms with Crippen molar-refractivity contribution in [2.24, 2.45) is 11.8 Å². The van der Waals surface area contributed by atoms with Crippen molar-refractivity contribution in [3.05, 3.63) is 35.9 Å². The Morgan fingerprint density at radius 1 is 1.22 bits per heavy atom. The van der Waals surface area contributed by atoms with Crippen LogP contribution in [0.2, 0.25) is 0 Å². The van der Waals surface area contributed by atoms with Crippen molar-refractivity contribution in [1.29, 1.82) is 0 Å². The summed E-state index contributed by atoms with van der Waals surface area (Å²) < 4.78 is 5.32. The van der Waals surface area contributed by atoms with Crippen molar-refractivity contribution in [2.45, 2.75) is 25.9 Å². The van der Waals surface area contributed by atoms with E-state index in [1.54, 1.807) is 4.90 Å². The summed E-state index contributed by atoms with van der Waals surface area (Å²) in [7, 11) is 0. The molecular formula is C17H23NO5. The van der Waals surface area contributed by atoms with E-state index in [9.17, 15) is 9.59 Å². The summed E-state index contributed by atoms with van der Waals surface area (Å²) in [6, 6.07) is 9.45. The van der Waals surface area contributed by atoms with Crippen LogP contribution < -0.4 is 0 Å². The Morgan fingerprint density at radius 2 is 1.96 bits per heavy atom. The number of carbonyl (C=O) groups excluding carboxylic acids is 1. The number of aliphatic hydroxyl groups is 1. The maximum atomic E-state index is 12.2. The first-order chi connectivity index (χ1) is 11.1. The minimum atomic E-state index is -0.835. The minimum absolute atomic E-state index is 0.00202. The number of likely N-dealkylation sites (tertiary alicyclic amines) is 1. The summed E-state index contributed by atoms with van der Waals surface area (Å²) in [6.45, 7) is 1.15. The predicted molar refractivity (Wildman–Crippen MR) is 83.8 cm³/mol. The van der Waals surface area contributed by atoms with E-state index in [2.05, 4.69) is 0 Å². The molecule has 0 aromatic heterocycles. The molecule has 1 aromatic rings. The summed E-state index contributed by atoms with van der Waals surface area (Å²) in [5.41, 5.74) is 0.925. The summed E-state index contributed by atoms with van der Waals surface area (Å²) in [6.07, 6.45) is 0.820. The van der Waals surface area contributed by atoms with Gasteiger partial charge in [-0.2, -0.15) is 0 Å². The van der Waals surface area contributed by atoms with Crippen LogP contribution in [0.15, 0.2) is 30.3 Å². The molecule has 0 bridgehead atoms. The van der Waals surface area contributed by atoms with Gasteiger partial charge in [-0.15, -0.1) is 0 Å². The lowest BCUT2D eigenvalue weighted by Crippen LogP contribution is -2.44. The van der Waals surface area contributed by atoms with E-state index in [1.165, 1.54) is 0 Å². The molecule has 2 rings (SSSR count). The first-order valence-corrected chi connectivity index (χ1v) is 7.88. The summed E-state index contributed by atoms with van der Waals surface area (Å²) in [4.78, 5) is 24.7. The molecule has 23 heavy (non-hydrogen) atoms. The Balaban J connectivity index is 1.87. The van der Waals surface area contributed by atoms with E-state index in [4.69, 9.17) is 14.9 Å². The normalized spacial score (nSPS) is 21.0. The second-order valence-electron chi connectivity index (χ2n) is 5.91. The molecule has 6 heteroatoms. The molecule has 1 amide bonds. The third-order valence-electron chi connectivity index (χ3n) is 4.29. The van der Waals surface area contributed by atoms with Crippen LogP contribution in [0.25, 0.3) is 0 Å². The minimum Gasteiger partial charge on any atom is -0.481 e. The van der Waals surface area contributed by atoms with Crippen molar-refractivity contribution >= 4 is 12.1 Å². The Hall–Kier alpha value is -2.08. The molecule has 1 fully saturated rings. The number of carboxylic acids is 1. The van der Waals surface area contributed by atoms with Gasteiger partial charge in [-0.25, -0.2) is 4.79 Å². The molecule has 1 aliphatic heterocycles. The van der Waals surface area contributed by atoms with Gasteiger partial charge >= 0.3 is 12.1 Å². The Morgan fingerprint density at radius 3 is 2.61 bits per heavy atom. The van der Waals surface area contributed by atoms with E-state index in [0.29, 0.717) is 25.9 Å². The number of aliphatic hydroxyl groups excluding tert-OH is 1. The summed E-state index contributed by atoms with van der Waals surface area (Å²) >= 11 is 0. The van der Waals surface area contributed by atoms with E-state index < -0.39 is 5.97 Å². The van der Waals surface area contributed by atoms with E-state index in [-0.39, 0.29) is 37.6 Å². The van der Waals surface area contributed by atoms with Crippen molar-refractivity contribution in [2.75, 3.05) is 19.7 Å². The molecule has 1 saturated heterocycles. The highest BCUT2D eigenvalue weighted by Crippen LogP contribution is 2.29. The molecular weight excluding hydrogens is 298 g/mol. The SMILES string of the molecule is O=C(O)C[C@@H]1CCN(C(=O)OCc2ccccc2)CC1CCO. The van der Waals surface area contributed by atoms with Gasteiger partial charge in [0.15, 0.2) is 0 Å². The van der Waals surface area contributed by atoms with Crippen LogP contribution in [-0.2, 0) is 16.1 Å². The average Bonchev–Trinajstić information content (AvgIpc) is 2.55. The Labute approximate surface area is 135 Å². The molecule has 1 unspecified atom stereocenters. The zero-order valence-electron chi connectivity index (χ0n) is 13.1. The first kappa shape index (κ1) is 17.3. The third-order valence-corrected chi connectivity index (χ3v) is 4.29. The molecule has 2 atom stereocenters. The summed E-state index contributed by atoms with van der Waals surface area (Å²) in [5, 5.41) is 18.1. The highest BCUT2D eigenvalue weighted by Gasteiger charge is 2.32. The Kier molecular flexibility index (Phi) is 6.40. The highest BCUT2D eigenvalue weighted by atomic mass is 16.6. The van der Waals surface area contributed by atoms with E-state index in [0.717, 1.165) is 5.56 Å². The second-order valence-corrected chi connectivity index (χ2v) is 5.91. The van der Waals surface area contributed by atoms with Crippen LogP contribution >= 0.6 is 0 Å². The van der Waals surface area contributed by atoms with Crippen molar-refractivity contribution in [1.82, 2.24) is 4.90 Å². The van der Waals surface area contributed by atoms with Gasteiger partial charge < -0.3 is 19.8 Å².